The lowest BCUT2D eigenvalue weighted by Gasteiger charge is -2.28. The molecule has 2 aliphatic rings. The van der Waals surface area contributed by atoms with Gasteiger partial charge in [-0.15, -0.1) is 0 Å². The highest BCUT2D eigenvalue weighted by molar-refractivity contribution is 7.99. The summed E-state index contributed by atoms with van der Waals surface area (Å²) in [5.74, 6) is 2.34. The number of ether oxygens (including phenoxy) is 1. The quantitative estimate of drug-likeness (QED) is 0.902. The van der Waals surface area contributed by atoms with Gasteiger partial charge < -0.3 is 15.0 Å². The van der Waals surface area contributed by atoms with Crippen LogP contribution in [0.25, 0.3) is 0 Å². The van der Waals surface area contributed by atoms with Gasteiger partial charge in [0.25, 0.3) is 5.91 Å². The van der Waals surface area contributed by atoms with Crippen molar-refractivity contribution in [1.29, 1.82) is 0 Å². The molecule has 1 amide bonds. The molecule has 2 heterocycles. The number of fused-ring (bicyclic) bond motifs is 1. The van der Waals surface area contributed by atoms with E-state index in [-0.39, 0.29) is 5.91 Å². The van der Waals surface area contributed by atoms with Gasteiger partial charge in [-0.3, -0.25) is 4.79 Å². The third-order valence-corrected chi connectivity index (χ3v) is 5.37. The number of methoxy groups -OCH3 is 1. The minimum absolute atomic E-state index is 0.147. The van der Waals surface area contributed by atoms with Crippen LogP contribution in [0.4, 0.5) is 0 Å². The summed E-state index contributed by atoms with van der Waals surface area (Å²) in [5.41, 5.74) is 3.38. The van der Waals surface area contributed by atoms with E-state index in [1.807, 2.05) is 22.7 Å². The molecule has 5 heteroatoms. The number of hydrogen-bond acceptors (Lipinski definition) is 4. The Labute approximate surface area is 130 Å². The Balaban J connectivity index is 1.79. The number of nitrogens with one attached hydrogen (secondary N) is 1. The Bertz CT molecular complexity index is 515. The lowest BCUT2D eigenvalue weighted by Crippen LogP contribution is -2.42. The number of hydrogen-bond donors (Lipinski definition) is 1. The van der Waals surface area contributed by atoms with Crippen LogP contribution in [0.1, 0.15) is 27.9 Å². The number of rotatable bonds is 5. The number of thioether (sulfide) groups is 1. The van der Waals surface area contributed by atoms with Crippen molar-refractivity contribution in [2.45, 2.75) is 25.6 Å². The van der Waals surface area contributed by atoms with E-state index in [9.17, 15) is 4.79 Å². The van der Waals surface area contributed by atoms with Crippen LogP contribution in [-0.2, 0) is 17.8 Å². The molecule has 3 rings (SSSR count). The molecule has 0 saturated carbocycles. The summed E-state index contributed by atoms with van der Waals surface area (Å²) in [7, 11) is 1.69. The second-order valence-corrected chi connectivity index (χ2v) is 6.75. The second-order valence-electron chi connectivity index (χ2n) is 5.60. The molecule has 21 heavy (non-hydrogen) atoms. The molecule has 1 fully saturated rings. The number of carbonyl (C=O) groups excluding carboxylic acids is 1. The molecule has 0 spiro atoms. The molecule has 1 aromatic carbocycles. The van der Waals surface area contributed by atoms with Gasteiger partial charge in [0.1, 0.15) is 0 Å². The fraction of sp³-hybridized carbons (Fsp3) is 0.562. The minimum Gasteiger partial charge on any atom is -0.383 e. The van der Waals surface area contributed by atoms with E-state index >= 15 is 0 Å². The maximum absolute atomic E-state index is 12.9. The molecule has 114 valence electrons. The fourth-order valence-corrected chi connectivity index (χ4v) is 4.23. The van der Waals surface area contributed by atoms with Crippen LogP contribution in [0.15, 0.2) is 18.2 Å². The van der Waals surface area contributed by atoms with E-state index in [1.165, 1.54) is 11.1 Å². The molecular formula is C16H22N2O2S. The second kappa shape index (κ2) is 6.81. The Morgan fingerprint density at radius 1 is 1.43 bits per heavy atom. The van der Waals surface area contributed by atoms with E-state index in [4.69, 9.17) is 4.74 Å². The van der Waals surface area contributed by atoms with Gasteiger partial charge in [-0.2, -0.15) is 11.8 Å². The lowest BCUT2D eigenvalue weighted by atomic mass is 10.0. The molecular weight excluding hydrogens is 284 g/mol. The van der Waals surface area contributed by atoms with Crippen molar-refractivity contribution in [2.75, 3.05) is 31.8 Å². The largest absolute Gasteiger partial charge is 0.383 e. The van der Waals surface area contributed by atoms with Crippen molar-refractivity contribution in [1.82, 2.24) is 10.2 Å². The molecule has 1 atom stereocenters. The van der Waals surface area contributed by atoms with E-state index in [0.717, 1.165) is 36.6 Å². The van der Waals surface area contributed by atoms with Crippen LogP contribution < -0.4 is 5.32 Å². The van der Waals surface area contributed by atoms with E-state index < -0.39 is 0 Å². The van der Waals surface area contributed by atoms with Gasteiger partial charge in [0.05, 0.1) is 6.61 Å². The van der Waals surface area contributed by atoms with Crippen molar-refractivity contribution in [3.05, 3.63) is 34.9 Å². The Morgan fingerprint density at radius 2 is 2.29 bits per heavy atom. The van der Waals surface area contributed by atoms with Crippen molar-refractivity contribution in [3.8, 4) is 0 Å². The average Bonchev–Trinajstić information content (AvgIpc) is 3.18. The van der Waals surface area contributed by atoms with Crippen LogP contribution in [0.2, 0.25) is 0 Å². The maximum atomic E-state index is 12.9. The highest BCUT2D eigenvalue weighted by Gasteiger charge is 2.28. The van der Waals surface area contributed by atoms with Gasteiger partial charge >= 0.3 is 0 Å². The Kier molecular flexibility index (Phi) is 4.83. The van der Waals surface area contributed by atoms with Gasteiger partial charge in [-0.25, -0.2) is 0 Å². The van der Waals surface area contributed by atoms with E-state index in [0.29, 0.717) is 19.2 Å². The van der Waals surface area contributed by atoms with Gasteiger partial charge in [-0.1, -0.05) is 6.07 Å². The van der Waals surface area contributed by atoms with Crippen LogP contribution in [0, 0.1) is 0 Å². The van der Waals surface area contributed by atoms with Crippen LogP contribution >= 0.6 is 11.8 Å². The topological polar surface area (TPSA) is 41.6 Å². The molecule has 1 aromatic rings. The fourth-order valence-electron chi connectivity index (χ4n) is 3.00. The summed E-state index contributed by atoms with van der Waals surface area (Å²) in [6.07, 6.45) is 1.09. The smallest absolute Gasteiger partial charge is 0.254 e. The summed E-state index contributed by atoms with van der Waals surface area (Å²) in [6, 6.07) is 6.46. The Hall–Kier alpha value is -1.04. The van der Waals surface area contributed by atoms with Crippen LogP contribution in [-0.4, -0.2) is 48.6 Å². The number of amides is 1. The first-order chi connectivity index (χ1) is 10.3. The third kappa shape index (κ3) is 3.25. The van der Waals surface area contributed by atoms with Crippen molar-refractivity contribution < 1.29 is 9.53 Å². The number of nitrogens with zero attached hydrogens (tertiary/aromatic N) is 1. The highest BCUT2D eigenvalue weighted by Crippen LogP contribution is 2.25. The highest BCUT2D eigenvalue weighted by atomic mass is 32.2. The third-order valence-electron chi connectivity index (χ3n) is 4.23. The summed E-state index contributed by atoms with van der Waals surface area (Å²) in [5, 5.41) is 3.32. The first-order valence-corrected chi connectivity index (χ1v) is 8.65. The van der Waals surface area contributed by atoms with Gasteiger partial charge in [0.15, 0.2) is 0 Å². The van der Waals surface area contributed by atoms with Crippen LogP contribution in [0.5, 0.6) is 0 Å². The van der Waals surface area contributed by atoms with E-state index in [2.05, 4.69) is 17.4 Å². The standard InChI is InChI=1S/C16H22N2O2S/c1-20-6-5-18(15-4-7-21-11-15)16(19)12-2-3-13-9-17-10-14(13)8-12/h2-3,8,15,17H,4-7,9-11H2,1H3. The normalized spacial score (nSPS) is 20.5. The molecule has 1 N–H and O–H groups in total. The molecule has 2 aliphatic heterocycles. The zero-order valence-electron chi connectivity index (χ0n) is 12.4. The molecule has 0 bridgehead atoms. The van der Waals surface area contributed by atoms with Crippen LogP contribution in [0.3, 0.4) is 0 Å². The summed E-state index contributed by atoms with van der Waals surface area (Å²) >= 11 is 1.93. The zero-order valence-corrected chi connectivity index (χ0v) is 13.2. The first kappa shape index (κ1) is 14.9. The summed E-state index contributed by atoms with van der Waals surface area (Å²) in [4.78, 5) is 14.9. The molecule has 4 nitrogen and oxygen atoms in total. The zero-order chi connectivity index (χ0) is 14.7. The van der Waals surface area contributed by atoms with Gasteiger partial charge in [0, 0.05) is 44.1 Å². The SMILES string of the molecule is COCCN(C(=O)c1ccc2c(c1)CNC2)C1CCSC1. The van der Waals surface area contributed by atoms with Crippen molar-refractivity contribution in [2.24, 2.45) is 0 Å². The maximum Gasteiger partial charge on any atom is 0.254 e. The van der Waals surface area contributed by atoms with Crippen molar-refractivity contribution in [3.63, 3.8) is 0 Å². The number of benzene rings is 1. The first-order valence-electron chi connectivity index (χ1n) is 7.50. The molecule has 1 saturated heterocycles. The lowest BCUT2D eigenvalue weighted by molar-refractivity contribution is 0.0624. The summed E-state index contributed by atoms with van der Waals surface area (Å²) < 4.78 is 5.18. The molecule has 0 aromatic heterocycles. The van der Waals surface area contributed by atoms with Gasteiger partial charge in [-0.05, 0) is 35.4 Å². The molecule has 0 radical (unpaired) electrons. The molecule has 1 unspecified atom stereocenters. The monoisotopic (exact) mass is 306 g/mol. The predicted molar refractivity (Wildman–Crippen MR) is 85.6 cm³/mol. The summed E-state index contributed by atoms with van der Waals surface area (Å²) in [6.45, 7) is 3.06. The average molecular weight is 306 g/mol. The Morgan fingerprint density at radius 3 is 3.05 bits per heavy atom. The van der Waals surface area contributed by atoms with Gasteiger partial charge in [0.2, 0.25) is 0 Å². The van der Waals surface area contributed by atoms with E-state index in [1.54, 1.807) is 7.11 Å². The molecule has 0 aliphatic carbocycles. The predicted octanol–water partition coefficient (Wildman–Crippen LogP) is 1.88. The number of carbonyl (C=O) groups is 1. The van der Waals surface area contributed by atoms with Crippen molar-refractivity contribution >= 4 is 17.7 Å². The minimum atomic E-state index is 0.147.